The summed E-state index contributed by atoms with van der Waals surface area (Å²) in [5.74, 6) is 1.65. The Bertz CT molecular complexity index is 990. The summed E-state index contributed by atoms with van der Waals surface area (Å²) in [6.07, 6.45) is 0. The van der Waals surface area contributed by atoms with Crippen LogP contribution in [0.15, 0.2) is 52.1 Å². The van der Waals surface area contributed by atoms with Crippen LogP contribution in [0, 0.1) is 13.8 Å². The zero-order valence-electron chi connectivity index (χ0n) is 15.9. The van der Waals surface area contributed by atoms with E-state index in [1.807, 2.05) is 67.9 Å². The lowest BCUT2D eigenvalue weighted by molar-refractivity contribution is -0.113. The number of hydrogen-bond donors (Lipinski definition) is 1. The molecule has 0 aliphatic heterocycles. The smallest absolute Gasteiger partial charge is 0.234 e. The van der Waals surface area contributed by atoms with E-state index in [0.29, 0.717) is 17.6 Å². The first-order chi connectivity index (χ1) is 13.4. The molecule has 8 heteroatoms. The van der Waals surface area contributed by atoms with Crippen LogP contribution in [0.2, 0.25) is 0 Å². The van der Waals surface area contributed by atoms with Crippen molar-refractivity contribution in [3.63, 3.8) is 0 Å². The molecule has 0 aliphatic rings. The lowest BCUT2D eigenvalue weighted by Crippen LogP contribution is -2.14. The van der Waals surface area contributed by atoms with Crippen molar-refractivity contribution < 1.29 is 9.53 Å². The van der Waals surface area contributed by atoms with Crippen molar-refractivity contribution in [2.75, 3.05) is 11.1 Å². The fraction of sp³-hybridized carbons (Fsp3) is 0.250. The van der Waals surface area contributed by atoms with Crippen LogP contribution in [0.3, 0.4) is 0 Å². The highest BCUT2D eigenvalue weighted by atomic mass is 79.9. The van der Waals surface area contributed by atoms with E-state index in [2.05, 4.69) is 31.4 Å². The van der Waals surface area contributed by atoms with E-state index in [-0.39, 0.29) is 11.7 Å². The first kappa shape index (κ1) is 20.4. The van der Waals surface area contributed by atoms with Crippen LogP contribution in [-0.2, 0) is 18.4 Å². The molecule has 146 valence electrons. The highest BCUT2D eigenvalue weighted by molar-refractivity contribution is 9.10. The molecule has 6 nitrogen and oxygen atoms in total. The third-order valence-electron chi connectivity index (χ3n) is 4.06. The van der Waals surface area contributed by atoms with Crippen molar-refractivity contribution in [3.8, 4) is 5.75 Å². The largest absolute Gasteiger partial charge is 0.486 e. The molecule has 3 rings (SSSR count). The van der Waals surface area contributed by atoms with E-state index in [4.69, 9.17) is 4.74 Å². The summed E-state index contributed by atoms with van der Waals surface area (Å²) in [6, 6.07) is 13.6. The maximum Gasteiger partial charge on any atom is 0.234 e. The number of carbonyl (C=O) groups is 1. The Balaban J connectivity index is 1.53. The van der Waals surface area contributed by atoms with Crippen LogP contribution in [0.5, 0.6) is 5.75 Å². The molecular weight excluding hydrogens is 440 g/mol. The third-order valence-corrected chi connectivity index (χ3v) is 5.97. The van der Waals surface area contributed by atoms with Gasteiger partial charge in [-0.25, -0.2) is 0 Å². The van der Waals surface area contributed by atoms with Gasteiger partial charge < -0.3 is 14.6 Å². The Hall–Kier alpha value is -2.32. The van der Waals surface area contributed by atoms with Crippen LogP contribution in [0.1, 0.15) is 17.0 Å². The first-order valence-corrected chi connectivity index (χ1v) is 10.5. The number of aryl methyl sites for hydroxylation is 2. The average molecular weight is 461 g/mol. The van der Waals surface area contributed by atoms with E-state index < -0.39 is 0 Å². The van der Waals surface area contributed by atoms with Crippen molar-refractivity contribution in [1.29, 1.82) is 0 Å². The molecule has 0 radical (unpaired) electrons. The zero-order chi connectivity index (χ0) is 20.1. The maximum atomic E-state index is 12.2. The second-order valence-corrected chi connectivity index (χ2v) is 8.16. The number of rotatable bonds is 7. The van der Waals surface area contributed by atoms with Crippen LogP contribution in [0.25, 0.3) is 0 Å². The Morgan fingerprint density at radius 2 is 2.04 bits per heavy atom. The van der Waals surface area contributed by atoms with E-state index >= 15 is 0 Å². The number of carbonyl (C=O) groups excluding carboxylic acids is 1. The fourth-order valence-corrected chi connectivity index (χ4v) is 3.48. The maximum absolute atomic E-state index is 12.2. The molecule has 0 saturated heterocycles. The summed E-state index contributed by atoms with van der Waals surface area (Å²) >= 11 is 4.79. The monoisotopic (exact) mass is 460 g/mol. The van der Waals surface area contributed by atoms with Crippen molar-refractivity contribution in [2.45, 2.75) is 25.6 Å². The van der Waals surface area contributed by atoms with Gasteiger partial charge >= 0.3 is 0 Å². The van der Waals surface area contributed by atoms with Crippen molar-refractivity contribution in [1.82, 2.24) is 14.8 Å². The number of halogens is 1. The van der Waals surface area contributed by atoms with Crippen LogP contribution in [-0.4, -0.2) is 26.4 Å². The van der Waals surface area contributed by atoms with Gasteiger partial charge in [0.25, 0.3) is 0 Å². The highest BCUT2D eigenvalue weighted by Gasteiger charge is 2.12. The topological polar surface area (TPSA) is 69.0 Å². The zero-order valence-corrected chi connectivity index (χ0v) is 18.3. The Morgan fingerprint density at radius 1 is 1.21 bits per heavy atom. The molecule has 0 aliphatic carbocycles. The number of benzene rings is 2. The normalized spacial score (nSPS) is 10.7. The third kappa shape index (κ3) is 5.36. The summed E-state index contributed by atoms with van der Waals surface area (Å²) < 4.78 is 8.63. The number of amides is 1. The number of nitrogens with one attached hydrogen (secondary N) is 1. The molecular formula is C20H21BrN4O2S. The molecule has 0 atom stereocenters. The summed E-state index contributed by atoms with van der Waals surface area (Å²) in [7, 11) is 1.87. The molecule has 2 aromatic carbocycles. The SMILES string of the molecule is Cc1cccc(OCc2nnc(SCC(=O)Nc3ccc(Br)c(C)c3)n2C)c1. The number of aromatic nitrogens is 3. The van der Waals surface area contributed by atoms with Gasteiger partial charge in [-0.2, -0.15) is 0 Å². The number of thioether (sulfide) groups is 1. The minimum Gasteiger partial charge on any atom is -0.486 e. The van der Waals surface area contributed by atoms with E-state index in [1.54, 1.807) is 0 Å². The number of anilines is 1. The molecule has 1 heterocycles. The lowest BCUT2D eigenvalue weighted by atomic mass is 10.2. The van der Waals surface area contributed by atoms with Gasteiger partial charge in [0.1, 0.15) is 12.4 Å². The molecule has 1 amide bonds. The summed E-state index contributed by atoms with van der Waals surface area (Å²) in [5, 5.41) is 11.9. The number of hydrogen-bond acceptors (Lipinski definition) is 5. The molecule has 0 unspecified atom stereocenters. The molecule has 0 fully saturated rings. The number of ether oxygens (including phenoxy) is 1. The first-order valence-electron chi connectivity index (χ1n) is 8.69. The molecule has 0 saturated carbocycles. The van der Waals surface area contributed by atoms with Gasteiger partial charge in [0.15, 0.2) is 11.0 Å². The van der Waals surface area contributed by atoms with Gasteiger partial charge in [0.05, 0.1) is 5.75 Å². The van der Waals surface area contributed by atoms with Crippen molar-refractivity contribution in [2.24, 2.45) is 7.05 Å². The quantitative estimate of drug-likeness (QED) is 0.525. The second kappa shape index (κ2) is 9.25. The van der Waals surface area contributed by atoms with E-state index in [1.165, 1.54) is 11.8 Å². The number of nitrogens with zero attached hydrogens (tertiary/aromatic N) is 3. The van der Waals surface area contributed by atoms with E-state index in [0.717, 1.165) is 27.0 Å². The van der Waals surface area contributed by atoms with Gasteiger partial charge in [0, 0.05) is 17.2 Å². The van der Waals surface area contributed by atoms with Gasteiger partial charge in [-0.1, -0.05) is 39.8 Å². The van der Waals surface area contributed by atoms with Crippen LogP contribution in [0.4, 0.5) is 5.69 Å². The fourth-order valence-electron chi connectivity index (χ4n) is 2.50. The van der Waals surface area contributed by atoms with Crippen LogP contribution < -0.4 is 10.1 Å². The van der Waals surface area contributed by atoms with Crippen molar-refractivity contribution >= 4 is 39.3 Å². The molecule has 0 bridgehead atoms. The molecule has 0 spiro atoms. The summed E-state index contributed by atoms with van der Waals surface area (Å²) in [5.41, 5.74) is 2.98. The molecule has 1 aromatic heterocycles. The average Bonchev–Trinajstić information content (AvgIpc) is 3.01. The summed E-state index contributed by atoms with van der Waals surface area (Å²) in [4.78, 5) is 12.2. The molecule has 1 N–H and O–H groups in total. The molecule has 28 heavy (non-hydrogen) atoms. The van der Waals surface area contributed by atoms with Crippen molar-refractivity contribution in [3.05, 3.63) is 63.9 Å². The Kier molecular flexibility index (Phi) is 6.74. The lowest BCUT2D eigenvalue weighted by Gasteiger charge is -2.08. The Morgan fingerprint density at radius 3 is 2.79 bits per heavy atom. The highest BCUT2D eigenvalue weighted by Crippen LogP contribution is 2.21. The predicted molar refractivity (Wildman–Crippen MR) is 115 cm³/mol. The van der Waals surface area contributed by atoms with Gasteiger partial charge in [-0.15, -0.1) is 10.2 Å². The molecule has 3 aromatic rings. The van der Waals surface area contributed by atoms with E-state index in [9.17, 15) is 4.79 Å². The Labute approximate surface area is 176 Å². The predicted octanol–water partition coefficient (Wildman–Crippen LogP) is 4.50. The van der Waals surface area contributed by atoms with Gasteiger partial charge in [-0.3, -0.25) is 4.79 Å². The van der Waals surface area contributed by atoms with Gasteiger partial charge in [0.2, 0.25) is 5.91 Å². The van der Waals surface area contributed by atoms with Gasteiger partial charge in [-0.05, 0) is 55.3 Å². The minimum atomic E-state index is -0.0905. The van der Waals surface area contributed by atoms with Crippen LogP contribution >= 0.6 is 27.7 Å². The second-order valence-electron chi connectivity index (χ2n) is 6.36. The standard InChI is InChI=1S/C20H21BrN4O2S/c1-13-5-4-6-16(9-13)27-11-18-23-24-20(25(18)3)28-12-19(26)22-15-7-8-17(21)14(2)10-15/h4-10H,11-12H2,1-3H3,(H,22,26). The minimum absolute atomic E-state index is 0.0905. The summed E-state index contributed by atoms with van der Waals surface area (Å²) in [6.45, 7) is 4.32.